The van der Waals surface area contributed by atoms with Crippen LogP contribution >= 0.6 is 11.8 Å². The average Bonchev–Trinajstić information content (AvgIpc) is 3.37. The maximum absolute atomic E-state index is 12.4. The third kappa shape index (κ3) is 5.95. The zero-order valence-corrected chi connectivity index (χ0v) is 16.2. The first-order valence-corrected chi connectivity index (χ1v) is 9.45. The van der Waals surface area contributed by atoms with Crippen LogP contribution in [0.4, 0.5) is 8.78 Å². The molecule has 0 aliphatic heterocycles. The lowest BCUT2D eigenvalue weighted by molar-refractivity contribution is -0.118. The summed E-state index contributed by atoms with van der Waals surface area (Å²) in [4.78, 5) is 12.1. The van der Waals surface area contributed by atoms with Crippen molar-refractivity contribution in [3.05, 3.63) is 54.2 Å². The number of amides is 1. The average molecular weight is 424 g/mol. The van der Waals surface area contributed by atoms with Gasteiger partial charge in [0, 0.05) is 6.54 Å². The Labute approximate surface area is 169 Å². The summed E-state index contributed by atoms with van der Waals surface area (Å²) < 4.78 is 41.2. The molecule has 11 heteroatoms. The second-order valence-corrected chi connectivity index (χ2v) is 6.69. The molecule has 154 valence electrons. The summed E-state index contributed by atoms with van der Waals surface area (Å²) in [7, 11) is 1.35. The fraction of sp³-hybridized carbons (Fsp3) is 0.278. The van der Waals surface area contributed by atoms with Gasteiger partial charge in [-0.05, 0) is 29.8 Å². The Kier molecular flexibility index (Phi) is 7.06. The first-order valence-electron chi connectivity index (χ1n) is 8.46. The number of thioether (sulfide) groups is 1. The van der Waals surface area contributed by atoms with E-state index in [0.717, 1.165) is 5.76 Å². The molecule has 0 aliphatic rings. The summed E-state index contributed by atoms with van der Waals surface area (Å²) in [5, 5.41) is 11.2. The lowest BCUT2D eigenvalue weighted by atomic mass is 10.2. The molecular formula is C18H18F2N4O4S. The molecule has 0 radical (unpaired) electrons. The number of aromatic nitrogens is 3. The maximum Gasteiger partial charge on any atom is 0.387 e. The minimum Gasteiger partial charge on any atom is -0.493 e. The van der Waals surface area contributed by atoms with Crippen LogP contribution in [0.25, 0.3) is 0 Å². The minimum atomic E-state index is -2.94. The second-order valence-electron chi connectivity index (χ2n) is 5.75. The molecule has 0 saturated carbocycles. The fourth-order valence-corrected chi connectivity index (χ4v) is 3.18. The van der Waals surface area contributed by atoms with Crippen molar-refractivity contribution in [2.24, 2.45) is 0 Å². The van der Waals surface area contributed by atoms with E-state index in [1.807, 2.05) is 6.07 Å². The Morgan fingerprint density at radius 1 is 1.34 bits per heavy atom. The molecule has 0 saturated heterocycles. The summed E-state index contributed by atoms with van der Waals surface area (Å²) in [6.45, 7) is -2.26. The Balaban J connectivity index is 1.50. The molecule has 3 aromatic rings. The number of carbonyl (C=O) groups is 1. The molecule has 0 bridgehead atoms. The van der Waals surface area contributed by atoms with E-state index in [1.165, 1.54) is 31.0 Å². The molecule has 2 aromatic heterocycles. The molecule has 0 atom stereocenters. The molecule has 1 N–H and O–H groups in total. The molecule has 29 heavy (non-hydrogen) atoms. The van der Waals surface area contributed by atoms with E-state index in [0.29, 0.717) is 17.3 Å². The van der Waals surface area contributed by atoms with E-state index in [-0.39, 0.29) is 29.7 Å². The highest BCUT2D eigenvalue weighted by molar-refractivity contribution is 7.99. The minimum absolute atomic E-state index is 0.0657. The summed E-state index contributed by atoms with van der Waals surface area (Å²) in [5.41, 5.74) is 0.683. The molecule has 0 aliphatic carbocycles. The van der Waals surface area contributed by atoms with Crippen LogP contribution in [0, 0.1) is 0 Å². The second kappa shape index (κ2) is 9.92. The fourth-order valence-electron chi connectivity index (χ4n) is 2.43. The zero-order chi connectivity index (χ0) is 20.6. The molecule has 2 heterocycles. The number of alkyl halides is 2. The van der Waals surface area contributed by atoms with Crippen LogP contribution in [0.15, 0.2) is 52.5 Å². The monoisotopic (exact) mass is 424 g/mol. The topological polar surface area (TPSA) is 91.4 Å². The van der Waals surface area contributed by atoms with Crippen molar-refractivity contribution < 1.29 is 27.5 Å². The Morgan fingerprint density at radius 2 is 2.21 bits per heavy atom. The summed E-state index contributed by atoms with van der Waals surface area (Å²) in [6, 6.07) is 8.12. The van der Waals surface area contributed by atoms with Gasteiger partial charge < -0.3 is 23.8 Å². The van der Waals surface area contributed by atoms with E-state index in [9.17, 15) is 13.6 Å². The number of nitrogens with zero attached hydrogens (tertiary/aromatic N) is 3. The van der Waals surface area contributed by atoms with Gasteiger partial charge in [-0.25, -0.2) is 0 Å². The highest BCUT2D eigenvalue weighted by Crippen LogP contribution is 2.29. The number of nitrogens with one attached hydrogen (secondary N) is 1. The number of halogens is 2. The Bertz CT molecular complexity index is 934. The lowest BCUT2D eigenvalue weighted by Crippen LogP contribution is -2.24. The molecule has 1 amide bonds. The molecule has 0 spiro atoms. The summed E-state index contributed by atoms with van der Waals surface area (Å²) in [6.07, 6.45) is 3.15. The predicted molar refractivity (Wildman–Crippen MR) is 100 cm³/mol. The number of rotatable bonds is 10. The molecule has 8 nitrogen and oxygen atoms in total. The number of carbonyl (C=O) groups excluding carboxylic acids is 1. The van der Waals surface area contributed by atoms with Crippen molar-refractivity contribution in [2.75, 3.05) is 12.9 Å². The van der Waals surface area contributed by atoms with Gasteiger partial charge in [-0.2, -0.15) is 8.78 Å². The van der Waals surface area contributed by atoms with Crippen LogP contribution < -0.4 is 14.8 Å². The smallest absolute Gasteiger partial charge is 0.387 e. The maximum atomic E-state index is 12.4. The highest BCUT2D eigenvalue weighted by Gasteiger charge is 2.13. The first kappa shape index (κ1) is 20.6. The van der Waals surface area contributed by atoms with E-state index >= 15 is 0 Å². The third-order valence-corrected chi connectivity index (χ3v) is 4.73. The van der Waals surface area contributed by atoms with Crippen molar-refractivity contribution in [1.82, 2.24) is 20.1 Å². The summed E-state index contributed by atoms with van der Waals surface area (Å²) >= 11 is 1.24. The van der Waals surface area contributed by atoms with Crippen molar-refractivity contribution in [1.29, 1.82) is 0 Å². The third-order valence-electron chi connectivity index (χ3n) is 3.75. The number of furan rings is 1. The number of hydrogen-bond acceptors (Lipinski definition) is 7. The Hall–Kier alpha value is -3.08. The number of benzene rings is 1. The van der Waals surface area contributed by atoms with Crippen LogP contribution in [-0.2, 0) is 17.9 Å². The molecule has 1 aromatic carbocycles. The summed E-state index contributed by atoms with van der Waals surface area (Å²) in [5.74, 6) is 0.779. The highest BCUT2D eigenvalue weighted by atomic mass is 32.2. The quantitative estimate of drug-likeness (QED) is 0.501. The molecule has 3 rings (SSSR count). The van der Waals surface area contributed by atoms with Crippen molar-refractivity contribution >= 4 is 17.7 Å². The van der Waals surface area contributed by atoms with Crippen molar-refractivity contribution in [3.8, 4) is 11.5 Å². The molecule has 0 unspecified atom stereocenters. The van der Waals surface area contributed by atoms with Crippen molar-refractivity contribution in [2.45, 2.75) is 24.9 Å². The van der Waals surface area contributed by atoms with Crippen LogP contribution in [0.3, 0.4) is 0 Å². The van der Waals surface area contributed by atoms with E-state index in [2.05, 4.69) is 20.3 Å². The number of ether oxygens (including phenoxy) is 2. The number of hydrogen-bond donors (Lipinski definition) is 1. The van der Waals surface area contributed by atoms with Gasteiger partial charge in [0.2, 0.25) is 5.91 Å². The van der Waals surface area contributed by atoms with Crippen molar-refractivity contribution in [3.63, 3.8) is 0 Å². The molecule has 0 fully saturated rings. The van der Waals surface area contributed by atoms with Gasteiger partial charge in [-0.15, -0.1) is 10.2 Å². The SMILES string of the molecule is COc1cc(CNC(=O)CSc2nncn2Cc2ccco2)ccc1OC(F)F. The van der Waals surface area contributed by atoms with Gasteiger partial charge in [0.1, 0.15) is 12.1 Å². The van der Waals surface area contributed by atoms with Crippen LogP contribution in [0.2, 0.25) is 0 Å². The Morgan fingerprint density at radius 3 is 2.93 bits per heavy atom. The lowest BCUT2D eigenvalue weighted by Gasteiger charge is -2.12. The van der Waals surface area contributed by atoms with Crippen LogP contribution in [0.5, 0.6) is 11.5 Å². The van der Waals surface area contributed by atoms with Gasteiger partial charge in [-0.1, -0.05) is 17.8 Å². The van der Waals surface area contributed by atoms with Crippen LogP contribution in [0.1, 0.15) is 11.3 Å². The largest absolute Gasteiger partial charge is 0.493 e. The predicted octanol–water partition coefficient (Wildman–Crippen LogP) is 2.94. The van der Waals surface area contributed by atoms with Gasteiger partial charge in [0.25, 0.3) is 0 Å². The zero-order valence-electron chi connectivity index (χ0n) is 15.4. The van der Waals surface area contributed by atoms with E-state index in [4.69, 9.17) is 9.15 Å². The standard InChI is InChI=1S/C18H18F2N4O4S/c1-26-15-7-12(4-5-14(15)28-17(19)20)8-21-16(25)10-29-18-23-22-11-24(18)9-13-3-2-6-27-13/h2-7,11,17H,8-10H2,1H3,(H,21,25). The van der Waals surface area contributed by atoms with Gasteiger partial charge >= 0.3 is 6.61 Å². The van der Waals surface area contributed by atoms with Gasteiger partial charge in [-0.3, -0.25) is 4.79 Å². The number of methoxy groups -OCH3 is 1. The first-order chi connectivity index (χ1) is 14.0. The van der Waals surface area contributed by atoms with Crippen LogP contribution in [-0.4, -0.2) is 40.1 Å². The van der Waals surface area contributed by atoms with E-state index < -0.39 is 6.61 Å². The molecular weight excluding hydrogens is 406 g/mol. The normalized spacial score (nSPS) is 10.9. The van der Waals surface area contributed by atoms with Gasteiger partial charge in [0.15, 0.2) is 16.7 Å². The van der Waals surface area contributed by atoms with Gasteiger partial charge in [0.05, 0.1) is 25.7 Å². The van der Waals surface area contributed by atoms with E-state index in [1.54, 1.807) is 29.3 Å².